The molecule has 0 amide bonds. The van der Waals surface area contributed by atoms with E-state index in [-0.39, 0.29) is 5.75 Å². The molecule has 0 spiro atoms. The van der Waals surface area contributed by atoms with E-state index in [0.29, 0.717) is 23.3 Å². The van der Waals surface area contributed by atoms with Gasteiger partial charge in [0.1, 0.15) is 5.82 Å². The second-order valence-electron chi connectivity index (χ2n) is 7.64. The van der Waals surface area contributed by atoms with Crippen LogP contribution in [0.4, 0.5) is 23.1 Å². The first-order valence-corrected chi connectivity index (χ1v) is 12.3. The standard InChI is InChI=1S/C25H26N4O3S/c1-4-33(30,31)20-13-14-22(17(2)15-20)27-25-28-23-18(16-32-3)9-8-12-21(23)24(29-25)26-19-10-6-5-7-11-19/h5-15H,4,16H2,1-3H3,(H2,26,27,28,29). The van der Waals surface area contributed by atoms with E-state index in [1.807, 2.05) is 55.5 Å². The molecule has 33 heavy (non-hydrogen) atoms. The summed E-state index contributed by atoms with van der Waals surface area (Å²) in [5, 5.41) is 7.52. The Labute approximate surface area is 193 Å². The van der Waals surface area contributed by atoms with Gasteiger partial charge in [-0.05, 0) is 48.9 Å². The van der Waals surface area contributed by atoms with Crippen molar-refractivity contribution in [1.29, 1.82) is 0 Å². The van der Waals surface area contributed by atoms with E-state index in [1.165, 1.54) is 0 Å². The summed E-state index contributed by atoms with van der Waals surface area (Å²) in [5.41, 5.74) is 4.15. The van der Waals surface area contributed by atoms with Crippen molar-refractivity contribution < 1.29 is 13.2 Å². The van der Waals surface area contributed by atoms with Gasteiger partial charge in [0.2, 0.25) is 5.95 Å². The fourth-order valence-electron chi connectivity index (χ4n) is 3.55. The van der Waals surface area contributed by atoms with Crippen LogP contribution in [0.3, 0.4) is 0 Å². The number of aryl methyl sites for hydroxylation is 1. The van der Waals surface area contributed by atoms with Gasteiger partial charge in [-0.2, -0.15) is 4.98 Å². The van der Waals surface area contributed by atoms with Crippen molar-refractivity contribution >= 4 is 43.9 Å². The lowest BCUT2D eigenvalue weighted by Crippen LogP contribution is -2.06. The molecular weight excluding hydrogens is 436 g/mol. The molecule has 0 unspecified atom stereocenters. The number of sulfone groups is 1. The number of methoxy groups -OCH3 is 1. The number of benzene rings is 3. The van der Waals surface area contributed by atoms with E-state index in [0.717, 1.165) is 33.4 Å². The highest BCUT2D eigenvalue weighted by Crippen LogP contribution is 2.30. The summed E-state index contributed by atoms with van der Waals surface area (Å²) < 4.78 is 29.8. The quantitative estimate of drug-likeness (QED) is 0.364. The zero-order valence-corrected chi connectivity index (χ0v) is 19.6. The molecule has 170 valence electrons. The van der Waals surface area contributed by atoms with Crippen LogP contribution in [0.15, 0.2) is 71.6 Å². The molecule has 0 radical (unpaired) electrons. The van der Waals surface area contributed by atoms with E-state index < -0.39 is 9.84 Å². The number of nitrogens with one attached hydrogen (secondary N) is 2. The molecule has 3 aromatic carbocycles. The molecule has 0 saturated heterocycles. The molecule has 0 aliphatic carbocycles. The van der Waals surface area contributed by atoms with E-state index >= 15 is 0 Å². The third-order valence-electron chi connectivity index (χ3n) is 5.33. The second kappa shape index (κ2) is 9.56. The summed E-state index contributed by atoms with van der Waals surface area (Å²) in [7, 11) is -1.62. The number of hydrogen-bond donors (Lipinski definition) is 2. The van der Waals surface area contributed by atoms with Crippen LogP contribution in [0.25, 0.3) is 10.9 Å². The van der Waals surface area contributed by atoms with Gasteiger partial charge in [-0.1, -0.05) is 37.3 Å². The predicted molar refractivity (Wildman–Crippen MR) is 132 cm³/mol. The summed E-state index contributed by atoms with van der Waals surface area (Å²) in [6.07, 6.45) is 0. The Morgan fingerprint density at radius 1 is 0.939 bits per heavy atom. The first-order chi connectivity index (χ1) is 15.9. The van der Waals surface area contributed by atoms with Crippen molar-refractivity contribution in [3.8, 4) is 0 Å². The molecule has 0 aliphatic rings. The molecule has 0 atom stereocenters. The topological polar surface area (TPSA) is 93.2 Å². The van der Waals surface area contributed by atoms with Crippen LogP contribution < -0.4 is 10.6 Å². The first kappa shape index (κ1) is 22.7. The van der Waals surface area contributed by atoms with E-state index in [2.05, 4.69) is 10.6 Å². The highest BCUT2D eigenvalue weighted by Gasteiger charge is 2.15. The van der Waals surface area contributed by atoms with Gasteiger partial charge in [0.05, 0.1) is 22.8 Å². The zero-order valence-electron chi connectivity index (χ0n) is 18.8. The minimum Gasteiger partial charge on any atom is -0.380 e. The molecule has 1 heterocycles. The minimum atomic E-state index is -3.28. The van der Waals surface area contributed by atoms with Crippen molar-refractivity contribution in [2.24, 2.45) is 0 Å². The monoisotopic (exact) mass is 462 g/mol. The summed E-state index contributed by atoms with van der Waals surface area (Å²) in [6, 6.07) is 20.7. The smallest absolute Gasteiger partial charge is 0.229 e. The summed E-state index contributed by atoms with van der Waals surface area (Å²) >= 11 is 0. The largest absolute Gasteiger partial charge is 0.380 e. The highest BCUT2D eigenvalue weighted by molar-refractivity contribution is 7.91. The molecule has 7 nitrogen and oxygen atoms in total. The van der Waals surface area contributed by atoms with E-state index in [9.17, 15) is 8.42 Å². The average molecular weight is 463 g/mol. The SMILES string of the molecule is CCS(=O)(=O)c1ccc(Nc2nc(Nc3ccccc3)c3cccc(COC)c3n2)c(C)c1. The minimum absolute atomic E-state index is 0.0593. The normalized spacial score (nSPS) is 11.5. The van der Waals surface area contributed by atoms with Gasteiger partial charge in [0.25, 0.3) is 0 Å². The van der Waals surface area contributed by atoms with Gasteiger partial charge in [0.15, 0.2) is 9.84 Å². The lowest BCUT2D eigenvalue weighted by molar-refractivity contribution is 0.186. The first-order valence-electron chi connectivity index (χ1n) is 10.6. The molecule has 0 fully saturated rings. The van der Waals surface area contributed by atoms with Gasteiger partial charge in [-0.15, -0.1) is 0 Å². The summed E-state index contributed by atoms with van der Waals surface area (Å²) in [5.74, 6) is 1.12. The van der Waals surface area contributed by atoms with Crippen molar-refractivity contribution in [2.45, 2.75) is 25.3 Å². The predicted octanol–water partition coefficient (Wildman–Crippen LogP) is 5.37. The lowest BCUT2D eigenvalue weighted by Gasteiger charge is -2.15. The fraction of sp³-hybridized carbons (Fsp3) is 0.200. The Bertz CT molecular complexity index is 1390. The molecule has 4 rings (SSSR count). The molecule has 0 bridgehead atoms. The number of para-hydroxylation sites is 2. The Kier molecular flexibility index (Phi) is 6.57. The van der Waals surface area contributed by atoms with E-state index in [1.54, 1.807) is 32.2 Å². The third-order valence-corrected chi connectivity index (χ3v) is 7.06. The zero-order chi connectivity index (χ0) is 23.4. The van der Waals surface area contributed by atoms with Crippen molar-refractivity contribution in [1.82, 2.24) is 9.97 Å². The van der Waals surface area contributed by atoms with Crippen LogP contribution in [0.1, 0.15) is 18.1 Å². The van der Waals surface area contributed by atoms with Gasteiger partial charge < -0.3 is 15.4 Å². The number of fused-ring (bicyclic) bond motifs is 1. The maximum Gasteiger partial charge on any atom is 0.229 e. The Hall–Kier alpha value is -3.49. The average Bonchev–Trinajstić information content (AvgIpc) is 2.82. The number of nitrogens with zero attached hydrogens (tertiary/aromatic N) is 2. The van der Waals surface area contributed by atoms with Gasteiger partial charge in [0, 0.05) is 29.4 Å². The number of anilines is 4. The summed E-state index contributed by atoms with van der Waals surface area (Å²) in [4.78, 5) is 9.79. The Morgan fingerprint density at radius 3 is 2.42 bits per heavy atom. The summed E-state index contributed by atoms with van der Waals surface area (Å²) in [6.45, 7) is 3.91. The number of aromatic nitrogens is 2. The molecule has 4 aromatic rings. The maximum atomic E-state index is 12.2. The number of hydrogen-bond acceptors (Lipinski definition) is 7. The van der Waals surface area contributed by atoms with Crippen molar-refractivity contribution in [2.75, 3.05) is 23.5 Å². The van der Waals surface area contributed by atoms with Gasteiger partial charge in [-0.25, -0.2) is 13.4 Å². The molecule has 0 aliphatic heterocycles. The Morgan fingerprint density at radius 2 is 1.73 bits per heavy atom. The number of rotatable bonds is 8. The fourth-order valence-corrected chi connectivity index (χ4v) is 4.51. The molecular formula is C25H26N4O3S. The molecule has 8 heteroatoms. The van der Waals surface area contributed by atoms with Crippen LogP contribution in [0.5, 0.6) is 0 Å². The molecule has 0 saturated carbocycles. The highest BCUT2D eigenvalue weighted by atomic mass is 32.2. The van der Waals surface area contributed by atoms with Crippen LogP contribution in [0.2, 0.25) is 0 Å². The second-order valence-corrected chi connectivity index (χ2v) is 9.92. The maximum absolute atomic E-state index is 12.2. The lowest BCUT2D eigenvalue weighted by atomic mass is 10.1. The third kappa shape index (κ3) is 4.97. The molecule has 1 aromatic heterocycles. The van der Waals surface area contributed by atoms with Crippen LogP contribution in [-0.2, 0) is 21.2 Å². The van der Waals surface area contributed by atoms with Crippen LogP contribution in [0, 0.1) is 6.92 Å². The van der Waals surface area contributed by atoms with E-state index in [4.69, 9.17) is 14.7 Å². The van der Waals surface area contributed by atoms with Crippen LogP contribution >= 0.6 is 0 Å². The van der Waals surface area contributed by atoms with Crippen LogP contribution in [-0.4, -0.2) is 31.2 Å². The van der Waals surface area contributed by atoms with Gasteiger partial charge >= 0.3 is 0 Å². The number of ether oxygens (including phenoxy) is 1. The van der Waals surface area contributed by atoms with Crippen molar-refractivity contribution in [3.05, 3.63) is 77.9 Å². The molecule has 2 N–H and O–H groups in total. The Balaban J connectivity index is 1.78. The van der Waals surface area contributed by atoms with Gasteiger partial charge in [-0.3, -0.25) is 0 Å². The van der Waals surface area contributed by atoms with Crippen molar-refractivity contribution in [3.63, 3.8) is 0 Å².